The highest BCUT2D eigenvalue weighted by atomic mass is 32.2. The van der Waals surface area contributed by atoms with E-state index in [0.717, 1.165) is 22.9 Å². The molecule has 184 valence electrons. The Morgan fingerprint density at radius 1 is 1.08 bits per heavy atom. The zero-order valence-corrected chi connectivity index (χ0v) is 21.2. The average molecular weight is 530 g/mol. The van der Waals surface area contributed by atoms with Crippen LogP contribution in [0.15, 0.2) is 76.6 Å². The number of nitrogens with zero attached hydrogens (tertiary/aromatic N) is 3. The summed E-state index contributed by atoms with van der Waals surface area (Å²) in [5.41, 5.74) is 2.16. The molecule has 2 aromatic carbocycles. The van der Waals surface area contributed by atoms with Gasteiger partial charge in [-0.05, 0) is 55.0 Å². The Labute approximate surface area is 221 Å². The second kappa shape index (κ2) is 9.38. The molecule has 10 heteroatoms. The summed E-state index contributed by atoms with van der Waals surface area (Å²) in [4.78, 5) is 33.2. The van der Waals surface area contributed by atoms with E-state index in [9.17, 15) is 9.59 Å². The molecule has 2 aliphatic rings. The average Bonchev–Trinajstić information content (AvgIpc) is 3.47. The molecule has 2 aliphatic heterocycles. The number of carbonyl (C=O) groups is 1. The van der Waals surface area contributed by atoms with Gasteiger partial charge in [-0.15, -0.1) is 0 Å². The molecular weight excluding hydrogens is 510 g/mol. The Balaban J connectivity index is 1.36. The summed E-state index contributed by atoms with van der Waals surface area (Å²) < 4.78 is 18.6. The van der Waals surface area contributed by atoms with Gasteiger partial charge in [0, 0.05) is 6.20 Å². The van der Waals surface area contributed by atoms with Gasteiger partial charge in [0.1, 0.15) is 21.3 Å². The Morgan fingerprint density at radius 2 is 1.89 bits per heavy atom. The molecule has 4 aromatic rings. The Morgan fingerprint density at radius 3 is 2.73 bits per heavy atom. The quantitative estimate of drug-likeness (QED) is 0.266. The largest absolute Gasteiger partial charge is 0.454 e. The third kappa shape index (κ3) is 4.45. The van der Waals surface area contributed by atoms with E-state index in [1.54, 1.807) is 36.5 Å². The molecule has 0 unspecified atom stereocenters. The molecule has 0 atom stereocenters. The maximum atomic E-state index is 13.5. The van der Waals surface area contributed by atoms with Crippen molar-refractivity contribution in [3.63, 3.8) is 0 Å². The van der Waals surface area contributed by atoms with Gasteiger partial charge >= 0.3 is 0 Å². The van der Waals surface area contributed by atoms with Crippen molar-refractivity contribution in [3.05, 3.63) is 98.8 Å². The summed E-state index contributed by atoms with van der Waals surface area (Å²) in [7, 11) is 0. The van der Waals surface area contributed by atoms with Gasteiger partial charge in [-0.1, -0.05) is 53.8 Å². The third-order valence-electron chi connectivity index (χ3n) is 5.90. The monoisotopic (exact) mass is 529 g/mol. The lowest BCUT2D eigenvalue weighted by Gasteiger charge is -2.14. The van der Waals surface area contributed by atoms with Crippen LogP contribution in [0.4, 0.5) is 0 Å². The number of aryl methyl sites for hydroxylation is 1. The number of hydrogen-bond acceptors (Lipinski definition) is 8. The number of benzene rings is 2. The maximum Gasteiger partial charge on any atom is 0.269 e. The lowest BCUT2D eigenvalue weighted by molar-refractivity contribution is -0.122. The molecule has 0 aliphatic carbocycles. The number of fused-ring (bicyclic) bond motifs is 2. The summed E-state index contributed by atoms with van der Waals surface area (Å²) in [6, 6.07) is 18.2. The molecule has 0 bridgehead atoms. The summed E-state index contributed by atoms with van der Waals surface area (Å²) in [6.07, 6.45) is 3.14. The highest BCUT2D eigenvalue weighted by molar-refractivity contribution is 8.26. The van der Waals surface area contributed by atoms with Crippen molar-refractivity contribution < 1.29 is 19.0 Å². The van der Waals surface area contributed by atoms with E-state index in [-0.39, 0.29) is 36.2 Å². The molecule has 8 nitrogen and oxygen atoms in total. The lowest BCUT2D eigenvalue weighted by Crippen LogP contribution is -2.27. The molecule has 6 rings (SSSR count). The lowest BCUT2D eigenvalue weighted by atomic mass is 10.2. The van der Waals surface area contributed by atoms with Crippen molar-refractivity contribution in [2.75, 3.05) is 6.79 Å². The van der Waals surface area contributed by atoms with E-state index in [1.165, 1.54) is 15.4 Å². The highest BCUT2D eigenvalue weighted by Crippen LogP contribution is 2.37. The number of thiocarbonyl (C=S) groups is 1. The third-order valence-corrected chi connectivity index (χ3v) is 7.27. The number of amides is 1. The number of aromatic nitrogens is 2. The van der Waals surface area contributed by atoms with Crippen molar-refractivity contribution in [1.82, 2.24) is 14.3 Å². The molecule has 0 N–H and O–H groups in total. The topological polar surface area (TPSA) is 82.4 Å². The van der Waals surface area contributed by atoms with Gasteiger partial charge < -0.3 is 14.2 Å². The van der Waals surface area contributed by atoms with E-state index in [0.29, 0.717) is 32.1 Å². The first-order valence-electron chi connectivity index (χ1n) is 11.4. The zero-order chi connectivity index (χ0) is 25.5. The first-order chi connectivity index (χ1) is 18.0. The predicted molar refractivity (Wildman–Crippen MR) is 144 cm³/mol. The Hall–Kier alpha value is -4.15. The second-order valence-corrected chi connectivity index (χ2v) is 10.1. The van der Waals surface area contributed by atoms with Crippen LogP contribution in [0.3, 0.4) is 0 Å². The fraction of sp³-hybridized carbons (Fsp3) is 0.111. The van der Waals surface area contributed by atoms with Crippen LogP contribution in [0.25, 0.3) is 11.7 Å². The zero-order valence-electron chi connectivity index (χ0n) is 19.5. The fourth-order valence-electron chi connectivity index (χ4n) is 3.99. The SMILES string of the molecule is Cc1ccc(Oc2nc3ccccn3c(=O)c2C=C2SC(=S)N(Cc3ccc4c(c3)OCO4)C2=O)cc1. The molecule has 0 radical (unpaired) electrons. The molecule has 4 heterocycles. The number of rotatable bonds is 5. The molecule has 1 amide bonds. The van der Waals surface area contributed by atoms with Crippen LogP contribution in [-0.2, 0) is 11.3 Å². The number of hydrogen-bond donors (Lipinski definition) is 0. The molecular formula is C27H19N3O5S2. The molecule has 1 fully saturated rings. The van der Waals surface area contributed by atoms with Gasteiger partial charge in [-0.25, -0.2) is 0 Å². The van der Waals surface area contributed by atoms with Gasteiger partial charge in [0.2, 0.25) is 12.7 Å². The molecule has 2 aromatic heterocycles. The van der Waals surface area contributed by atoms with Crippen LogP contribution >= 0.6 is 24.0 Å². The van der Waals surface area contributed by atoms with Crippen LogP contribution in [0.2, 0.25) is 0 Å². The summed E-state index contributed by atoms with van der Waals surface area (Å²) in [5.74, 6) is 1.64. The van der Waals surface area contributed by atoms with Crippen molar-refractivity contribution in [3.8, 4) is 23.1 Å². The standard InChI is InChI=1S/C27H19N3O5S2/c1-16-5-8-18(9-6-16)35-24-19(25(31)29-11-3-2-4-23(29)28-24)13-22-26(32)30(27(36)37-22)14-17-7-10-20-21(12-17)34-15-33-20/h2-13H,14-15H2,1H3. The van der Waals surface area contributed by atoms with E-state index in [2.05, 4.69) is 4.98 Å². The Bertz CT molecular complexity index is 1660. The molecule has 0 saturated carbocycles. The summed E-state index contributed by atoms with van der Waals surface area (Å²) >= 11 is 6.64. The van der Waals surface area contributed by atoms with Gasteiger partial charge in [-0.2, -0.15) is 4.98 Å². The van der Waals surface area contributed by atoms with Crippen LogP contribution in [0.5, 0.6) is 23.1 Å². The van der Waals surface area contributed by atoms with Crippen LogP contribution in [-0.4, -0.2) is 31.3 Å². The minimum Gasteiger partial charge on any atom is -0.454 e. The number of carbonyl (C=O) groups excluding carboxylic acids is 1. The van der Waals surface area contributed by atoms with Gasteiger partial charge in [-0.3, -0.25) is 18.9 Å². The Kier molecular flexibility index (Phi) is 5.90. The maximum absolute atomic E-state index is 13.5. The highest BCUT2D eigenvalue weighted by Gasteiger charge is 2.33. The second-order valence-electron chi connectivity index (χ2n) is 8.44. The van der Waals surface area contributed by atoms with E-state index >= 15 is 0 Å². The smallest absolute Gasteiger partial charge is 0.269 e. The minimum absolute atomic E-state index is 0.112. The van der Waals surface area contributed by atoms with Crippen molar-refractivity contribution in [2.24, 2.45) is 0 Å². The van der Waals surface area contributed by atoms with E-state index in [1.807, 2.05) is 37.3 Å². The first kappa shape index (κ1) is 23.3. The van der Waals surface area contributed by atoms with Crippen LogP contribution < -0.4 is 19.8 Å². The molecule has 1 saturated heterocycles. The van der Waals surface area contributed by atoms with E-state index in [4.69, 9.17) is 26.4 Å². The minimum atomic E-state index is -0.353. The van der Waals surface area contributed by atoms with Crippen LogP contribution in [0, 0.1) is 6.92 Å². The van der Waals surface area contributed by atoms with Crippen LogP contribution in [0.1, 0.15) is 16.7 Å². The van der Waals surface area contributed by atoms with Crippen molar-refractivity contribution in [1.29, 1.82) is 0 Å². The molecule has 0 spiro atoms. The number of thioether (sulfide) groups is 1. The summed E-state index contributed by atoms with van der Waals surface area (Å²) in [6.45, 7) is 2.41. The van der Waals surface area contributed by atoms with E-state index < -0.39 is 0 Å². The first-order valence-corrected chi connectivity index (χ1v) is 12.6. The van der Waals surface area contributed by atoms with Gasteiger partial charge in [0.25, 0.3) is 11.5 Å². The van der Waals surface area contributed by atoms with Crippen molar-refractivity contribution in [2.45, 2.75) is 13.5 Å². The summed E-state index contributed by atoms with van der Waals surface area (Å²) in [5, 5.41) is 0. The van der Waals surface area contributed by atoms with Gasteiger partial charge in [0.15, 0.2) is 11.5 Å². The van der Waals surface area contributed by atoms with Gasteiger partial charge in [0.05, 0.1) is 11.4 Å². The number of pyridine rings is 1. The normalized spacial score (nSPS) is 15.7. The van der Waals surface area contributed by atoms with Crippen molar-refractivity contribution >= 4 is 45.9 Å². The fourth-order valence-corrected chi connectivity index (χ4v) is 5.23. The molecule has 37 heavy (non-hydrogen) atoms. The number of ether oxygens (including phenoxy) is 3. The predicted octanol–water partition coefficient (Wildman–Crippen LogP) is 4.93.